The Morgan fingerprint density at radius 1 is 1.53 bits per heavy atom. The van der Waals surface area contributed by atoms with Crippen LogP contribution < -0.4 is 4.90 Å². The number of aromatic carboxylic acids is 1. The van der Waals surface area contributed by atoms with Gasteiger partial charge in [-0.15, -0.1) is 0 Å². The predicted molar refractivity (Wildman–Crippen MR) is 72.9 cm³/mol. The lowest BCUT2D eigenvalue weighted by Crippen LogP contribution is -2.39. The Bertz CT molecular complexity index is 487. The Kier molecular flexibility index (Phi) is 3.96. The van der Waals surface area contributed by atoms with Gasteiger partial charge in [0.05, 0.1) is 16.2 Å². The van der Waals surface area contributed by atoms with Crippen molar-refractivity contribution in [3.05, 3.63) is 22.8 Å². The molecule has 5 nitrogen and oxygen atoms in total. The van der Waals surface area contributed by atoms with Gasteiger partial charge in [0.15, 0.2) is 0 Å². The van der Waals surface area contributed by atoms with Crippen LogP contribution in [0.5, 0.6) is 0 Å². The van der Waals surface area contributed by atoms with Crippen molar-refractivity contribution >= 4 is 23.4 Å². The zero-order valence-corrected chi connectivity index (χ0v) is 11.5. The molecule has 1 aromatic rings. The fraction of sp³-hybridized carbons (Fsp3) is 0.538. The minimum atomic E-state index is -1.06. The molecular formula is C13H17ClN2O3. The first kappa shape index (κ1) is 14.1. The molecule has 2 N–H and O–H groups in total. The number of nitrogens with zero attached hydrogens (tertiary/aromatic N) is 2. The van der Waals surface area contributed by atoms with Crippen LogP contribution in [0.2, 0.25) is 5.02 Å². The number of aliphatic hydroxyl groups is 1. The summed E-state index contributed by atoms with van der Waals surface area (Å²) in [5, 5.41) is 19.5. The van der Waals surface area contributed by atoms with E-state index in [1.807, 2.05) is 0 Å². The minimum Gasteiger partial charge on any atom is -0.478 e. The van der Waals surface area contributed by atoms with Crippen LogP contribution in [0.3, 0.4) is 0 Å². The molecule has 0 bridgehead atoms. The van der Waals surface area contributed by atoms with E-state index in [4.69, 9.17) is 16.7 Å². The Balaban J connectivity index is 2.15. The van der Waals surface area contributed by atoms with Crippen molar-refractivity contribution in [2.45, 2.75) is 31.3 Å². The largest absolute Gasteiger partial charge is 0.478 e. The maximum absolute atomic E-state index is 10.8. The maximum atomic E-state index is 10.8. The highest BCUT2D eigenvalue weighted by molar-refractivity contribution is 6.33. The molecule has 0 radical (unpaired) electrons. The van der Waals surface area contributed by atoms with Crippen molar-refractivity contribution in [1.82, 2.24) is 4.98 Å². The van der Waals surface area contributed by atoms with E-state index in [1.54, 1.807) is 11.9 Å². The summed E-state index contributed by atoms with van der Waals surface area (Å²) in [6.07, 6.45) is 4.90. The van der Waals surface area contributed by atoms with E-state index >= 15 is 0 Å². The van der Waals surface area contributed by atoms with Gasteiger partial charge < -0.3 is 15.1 Å². The Morgan fingerprint density at radius 3 is 2.68 bits per heavy atom. The number of carboxylic acids is 1. The molecule has 2 rings (SSSR count). The van der Waals surface area contributed by atoms with E-state index in [0.29, 0.717) is 12.4 Å². The first-order valence-electron chi connectivity index (χ1n) is 6.24. The van der Waals surface area contributed by atoms with Gasteiger partial charge in [-0.25, -0.2) is 9.78 Å². The van der Waals surface area contributed by atoms with Gasteiger partial charge in [0.2, 0.25) is 0 Å². The molecule has 0 saturated heterocycles. The van der Waals surface area contributed by atoms with E-state index in [0.717, 1.165) is 25.7 Å². The van der Waals surface area contributed by atoms with Crippen LogP contribution in [0.25, 0.3) is 0 Å². The second-order valence-electron chi connectivity index (χ2n) is 5.12. The molecule has 0 atom stereocenters. The third-order valence-electron chi connectivity index (χ3n) is 3.50. The lowest BCUT2D eigenvalue weighted by Gasteiger charge is -2.29. The summed E-state index contributed by atoms with van der Waals surface area (Å²) in [5.74, 6) is -0.565. The fourth-order valence-electron chi connectivity index (χ4n) is 2.54. The summed E-state index contributed by atoms with van der Waals surface area (Å²) >= 11 is 6.05. The number of halogens is 1. The van der Waals surface area contributed by atoms with Crippen molar-refractivity contribution in [3.8, 4) is 0 Å². The number of hydrogen-bond donors (Lipinski definition) is 2. The number of carboxylic acid groups (broad SMARTS) is 1. The van der Waals surface area contributed by atoms with Gasteiger partial charge in [-0.2, -0.15) is 0 Å². The van der Waals surface area contributed by atoms with Crippen LogP contribution in [-0.2, 0) is 0 Å². The van der Waals surface area contributed by atoms with Crippen LogP contribution >= 0.6 is 11.6 Å². The maximum Gasteiger partial charge on any atom is 0.337 e. The molecule has 1 heterocycles. The third kappa shape index (κ3) is 3.16. The van der Waals surface area contributed by atoms with E-state index in [-0.39, 0.29) is 10.6 Å². The average Bonchev–Trinajstić information content (AvgIpc) is 2.75. The minimum absolute atomic E-state index is 0.0572. The molecule has 104 valence electrons. The van der Waals surface area contributed by atoms with Crippen LogP contribution in [0.15, 0.2) is 12.3 Å². The summed E-state index contributed by atoms with van der Waals surface area (Å²) in [6, 6.07) is 1.38. The molecule has 1 saturated carbocycles. The van der Waals surface area contributed by atoms with Crippen LogP contribution in [-0.4, -0.2) is 40.4 Å². The number of rotatable bonds is 4. The molecule has 0 aromatic carbocycles. The quantitative estimate of drug-likeness (QED) is 0.886. The van der Waals surface area contributed by atoms with Gasteiger partial charge in [-0.05, 0) is 18.9 Å². The van der Waals surface area contributed by atoms with Gasteiger partial charge in [0.25, 0.3) is 0 Å². The van der Waals surface area contributed by atoms with Gasteiger partial charge in [-0.1, -0.05) is 24.4 Å². The number of anilines is 1. The van der Waals surface area contributed by atoms with Gasteiger partial charge in [-0.3, -0.25) is 0 Å². The first-order valence-corrected chi connectivity index (χ1v) is 6.61. The molecular weight excluding hydrogens is 268 g/mol. The van der Waals surface area contributed by atoms with Crippen LogP contribution in [0, 0.1) is 0 Å². The predicted octanol–water partition coefficient (Wildman–Crippen LogP) is 2.17. The fourth-order valence-corrected chi connectivity index (χ4v) is 2.85. The highest BCUT2D eigenvalue weighted by atomic mass is 35.5. The highest BCUT2D eigenvalue weighted by Crippen LogP contribution is 2.32. The highest BCUT2D eigenvalue weighted by Gasteiger charge is 2.33. The SMILES string of the molecule is CN(CC1(O)CCCC1)c1ncc(C(=O)O)cc1Cl. The van der Waals surface area contributed by atoms with Crippen LogP contribution in [0.1, 0.15) is 36.0 Å². The molecule has 19 heavy (non-hydrogen) atoms. The molecule has 0 spiro atoms. The average molecular weight is 285 g/mol. The number of pyridine rings is 1. The van der Waals surface area contributed by atoms with Crippen molar-refractivity contribution in [2.75, 3.05) is 18.5 Å². The molecule has 0 unspecified atom stereocenters. The molecule has 1 aliphatic rings. The van der Waals surface area contributed by atoms with E-state index in [2.05, 4.69) is 4.98 Å². The summed E-state index contributed by atoms with van der Waals surface area (Å²) in [7, 11) is 1.80. The topological polar surface area (TPSA) is 73.7 Å². The van der Waals surface area contributed by atoms with Crippen molar-refractivity contribution in [2.24, 2.45) is 0 Å². The smallest absolute Gasteiger partial charge is 0.337 e. The molecule has 1 fully saturated rings. The summed E-state index contributed by atoms with van der Waals surface area (Å²) in [6.45, 7) is 0.451. The zero-order chi connectivity index (χ0) is 14.0. The Morgan fingerprint density at radius 2 is 2.16 bits per heavy atom. The third-order valence-corrected chi connectivity index (χ3v) is 3.77. The molecule has 1 aliphatic carbocycles. The second-order valence-corrected chi connectivity index (χ2v) is 5.53. The monoisotopic (exact) mass is 284 g/mol. The van der Waals surface area contributed by atoms with Gasteiger partial charge in [0, 0.05) is 19.8 Å². The van der Waals surface area contributed by atoms with E-state index in [9.17, 15) is 9.90 Å². The standard InChI is InChI=1S/C13H17ClN2O3/c1-16(8-13(19)4-2-3-5-13)11-10(14)6-9(7-15-11)12(17)18/h6-7,19H,2-5,8H2,1H3,(H,17,18). The number of carbonyl (C=O) groups is 1. The van der Waals surface area contributed by atoms with Crippen molar-refractivity contribution in [3.63, 3.8) is 0 Å². The second kappa shape index (κ2) is 5.35. The molecule has 0 aliphatic heterocycles. The first-order chi connectivity index (χ1) is 8.91. The van der Waals surface area contributed by atoms with Gasteiger partial charge >= 0.3 is 5.97 Å². The Hall–Kier alpha value is -1.33. The lowest BCUT2D eigenvalue weighted by atomic mass is 10.0. The summed E-state index contributed by atoms with van der Waals surface area (Å²) in [4.78, 5) is 16.7. The summed E-state index contributed by atoms with van der Waals surface area (Å²) < 4.78 is 0. The zero-order valence-electron chi connectivity index (χ0n) is 10.8. The Labute approximate surface area is 116 Å². The van der Waals surface area contributed by atoms with Crippen molar-refractivity contribution in [1.29, 1.82) is 0 Å². The number of likely N-dealkylation sites (N-methyl/N-ethyl adjacent to an activating group) is 1. The summed E-state index contributed by atoms with van der Waals surface area (Å²) in [5.41, 5.74) is -0.632. The normalized spacial score (nSPS) is 17.4. The van der Waals surface area contributed by atoms with E-state index in [1.165, 1.54) is 12.3 Å². The van der Waals surface area contributed by atoms with E-state index < -0.39 is 11.6 Å². The van der Waals surface area contributed by atoms with Crippen LogP contribution in [0.4, 0.5) is 5.82 Å². The van der Waals surface area contributed by atoms with Gasteiger partial charge in [0.1, 0.15) is 5.82 Å². The molecule has 6 heteroatoms. The number of aromatic nitrogens is 1. The number of hydrogen-bond acceptors (Lipinski definition) is 4. The molecule has 1 aromatic heterocycles. The molecule has 0 amide bonds. The van der Waals surface area contributed by atoms with Crippen molar-refractivity contribution < 1.29 is 15.0 Å². The lowest BCUT2D eigenvalue weighted by molar-refractivity contribution is 0.0557.